The maximum Gasteiger partial charge on any atom is 0.262 e. The summed E-state index contributed by atoms with van der Waals surface area (Å²) in [5, 5.41) is 2.55. The smallest absolute Gasteiger partial charge is 0.262 e. The molecule has 0 bridgehead atoms. The van der Waals surface area contributed by atoms with E-state index in [0.29, 0.717) is 37.7 Å². The lowest BCUT2D eigenvalue weighted by Crippen LogP contribution is -2.43. The van der Waals surface area contributed by atoms with E-state index < -0.39 is 26.0 Å². The van der Waals surface area contributed by atoms with E-state index in [9.17, 15) is 21.6 Å². The first kappa shape index (κ1) is 24.0. The van der Waals surface area contributed by atoms with E-state index >= 15 is 0 Å². The first-order valence-corrected chi connectivity index (χ1v) is 12.9. The average Bonchev–Trinajstić information content (AvgIpc) is 2.79. The number of carbonyl (C=O) groups is 1. The number of carbonyl (C=O) groups excluding carboxylic acids is 1. The molecule has 3 rings (SSSR count). The van der Waals surface area contributed by atoms with Gasteiger partial charge in [-0.2, -0.15) is 4.31 Å². The van der Waals surface area contributed by atoms with Gasteiger partial charge in [0.1, 0.15) is 5.75 Å². The molecule has 0 saturated carbocycles. The Morgan fingerprint density at radius 1 is 1.03 bits per heavy atom. The van der Waals surface area contributed by atoms with Gasteiger partial charge < -0.3 is 14.8 Å². The predicted octanol–water partition coefficient (Wildman–Crippen LogP) is 0.888. The van der Waals surface area contributed by atoms with Gasteiger partial charge in [-0.3, -0.25) is 9.52 Å². The van der Waals surface area contributed by atoms with Crippen molar-refractivity contribution < 1.29 is 31.1 Å². The molecular weight excluding hydrogens is 458 g/mol. The zero-order valence-corrected chi connectivity index (χ0v) is 19.1. The van der Waals surface area contributed by atoms with Crippen LogP contribution in [0.1, 0.15) is 10.4 Å². The molecule has 0 unspecified atom stereocenters. The van der Waals surface area contributed by atoms with Crippen molar-refractivity contribution in [1.82, 2.24) is 9.62 Å². The Bertz CT molecular complexity index is 1140. The number of morpholine rings is 1. The average molecular weight is 484 g/mol. The van der Waals surface area contributed by atoms with Gasteiger partial charge in [0.25, 0.3) is 15.9 Å². The van der Waals surface area contributed by atoms with Gasteiger partial charge in [0.15, 0.2) is 0 Å². The van der Waals surface area contributed by atoms with E-state index in [-0.39, 0.29) is 22.8 Å². The van der Waals surface area contributed by atoms with Crippen LogP contribution < -0.4 is 14.8 Å². The summed E-state index contributed by atoms with van der Waals surface area (Å²) in [5.41, 5.74) is 0.503. The number of nitrogens with zero attached hydrogens (tertiary/aromatic N) is 1. The number of ether oxygens (including phenoxy) is 2. The highest BCUT2D eigenvalue weighted by Crippen LogP contribution is 2.26. The third kappa shape index (κ3) is 5.97. The summed E-state index contributed by atoms with van der Waals surface area (Å²) in [5.74, 6) is -0.350. The lowest BCUT2D eigenvalue weighted by Gasteiger charge is -2.26. The van der Waals surface area contributed by atoms with E-state index in [1.165, 1.54) is 35.7 Å². The molecule has 0 radical (unpaired) electrons. The molecule has 0 spiro atoms. The van der Waals surface area contributed by atoms with Gasteiger partial charge in [-0.05, 0) is 36.4 Å². The molecule has 1 amide bonds. The molecule has 2 N–H and O–H groups in total. The van der Waals surface area contributed by atoms with Crippen molar-refractivity contribution >= 4 is 31.6 Å². The van der Waals surface area contributed by atoms with Crippen molar-refractivity contribution in [2.45, 2.75) is 4.90 Å². The number of hydrogen-bond acceptors (Lipinski definition) is 7. The van der Waals surface area contributed by atoms with Crippen molar-refractivity contribution in [2.24, 2.45) is 0 Å². The summed E-state index contributed by atoms with van der Waals surface area (Å²) < 4.78 is 63.9. The molecule has 1 aliphatic heterocycles. The second-order valence-electron chi connectivity index (χ2n) is 6.91. The Kier molecular flexibility index (Phi) is 7.72. The summed E-state index contributed by atoms with van der Waals surface area (Å²) >= 11 is 0. The lowest BCUT2D eigenvalue weighted by atomic mass is 10.2. The van der Waals surface area contributed by atoms with Crippen molar-refractivity contribution in [3.63, 3.8) is 0 Å². The van der Waals surface area contributed by atoms with Crippen molar-refractivity contribution in [1.29, 1.82) is 0 Å². The zero-order valence-electron chi connectivity index (χ0n) is 17.5. The van der Waals surface area contributed by atoms with E-state index in [1.807, 2.05) is 0 Å². The fraction of sp³-hybridized carbons (Fsp3) is 0.350. The van der Waals surface area contributed by atoms with E-state index in [1.54, 1.807) is 24.3 Å². The minimum Gasteiger partial charge on any atom is -0.495 e. The van der Waals surface area contributed by atoms with Crippen LogP contribution in [0, 0.1) is 0 Å². The fourth-order valence-electron chi connectivity index (χ4n) is 3.07. The maximum atomic E-state index is 12.6. The number of amides is 1. The largest absolute Gasteiger partial charge is 0.495 e. The second-order valence-corrected chi connectivity index (χ2v) is 10.7. The van der Waals surface area contributed by atoms with Gasteiger partial charge in [0.2, 0.25) is 10.0 Å². The lowest BCUT2D eigenvalue weighted by molar-refractivity contribution is 0.0730. The molecule has 10 nitrogen and oxygen atoms in total. The van der Waals surface area contributed by atoms with Gasteiger partial charge in [-0.25, -0.2) is 16.8 Å². The number of para-hydroxylation sites is 2. The van der Waals surface area contributed by atoms with Crippen LogP contribution in [0.4, 0.5) is 5.69 Å². The summed E-state index contributed by atoms with van der Waals surface area (Å²) in [6.45, 7) is 1.25. The SMILES string of the molecule is COc1ccccc1NS(=O)(=O)c1ccc(C(=O)NCCS(=O)(=O)N2CCOCC2)cc1. The van der Waals surface area contributed by atoms with Crippen LogP contribution >= 0.6 is 0 Å². The molecule has 2 aromatic rings. The van der Waals surface area contributed by atoms with E-state index in [4.69, 9.17) is 9.47 Å². The first-order valence-electron chi connectivity index (χ1n) is 9.82. The Morgan fingerprint density at radius 3 is 2.34 bits per heavy atom. The third-order valence-electron chi connectivity index (χ3n) is 4.79. The quantitative estimate of drug-likeness (QED) is 0.541. The minimum atomic E-state index is -3.89. The number of anilines is 1. The van der Waals surface area contributed by atoms with Crippen LogP contribution in [0.25, 0.3) is 0 Å². The molecule has 2 aromatic carbocycles. The molecule has 1 saturated heterocycles. The molecule has 32 heavy (non-hydrogen) atoms. The minimum absolute atomic E-state index is 0.0325. The number of hydrogen-bond donors (Lipinski definition) is 2. The highest BCUT2D eigenvalue weighted by molar-refractivity contribution is 7.92. The first-order chi connectivity index (χ1) is 15.2. The molecule has 1 heterocycles. The van der Waals surface area contributed by atoms with Gasteiger partial charge in [-0.15, -0.1) is 0 Å². The van der Waals surface area contributed by atoms with Crippen molar-refractivity contribution in [3.05, 3.63) is 54.1 Å². The summed E-state index contributed by atoms with van der Waals surface area (Å²) in [4.78, 5) is 12.3. The van der Waals surface area contributed by atoms with Gasteiger partial charge >= 0.3 is 0 Å². The predicted molar refractivity (Wildman–Crippen MR) is 119 cm³/mol. The van der Waals surface area contributed by atoms with Crippen LogP contribution in [0.2, 0.25) is 0 Å². The van der Waals surface area contributed by atoms with E-state index in [0.717, 1.165) is 0 Å². The maximum absolute atomic E-state index is 12.6. The number of benzene rings is 2. The van der Waals surface area contributed by atoms with Gasteiger partial charge in [0, 0.05) is 25.2 Å². The third-order valence-corrected chi connectivity index (χ3v) is 8.04. The molecule has 0 atom stereocenters. The summed E-state index contributed by atoms with van der Waals surface area (Å²) in [6.07, 6.45) is 0. The van der Waals surface area contributed by atoms with E-state index in [2.05, 4.69) is 10.0 Å². The van der Waals surface area contributed by atoms with Crippen LogP contribution in [0.15, 0.2) is 53.4 Å². The molecule has 174 valence electrons. The van der Waals surface area contributed by atoms with Gasteiger partial charge in [0.05, 0.1) is 36.7 Å². The Hall–Kier alpha value is -2.67. The Balaban J connectivity index is 1.59. The normalized spacial score (nSPS) is 15.2. The fourth-order valence-corrected chi connectivity index (χ4v) is 5.46. The topological polar surface area (TPSA) is 131 Å². The monoisotopic (exact) mass is 483 g/mol. The summed E-state index contributed by atoms with van der Waals surface area (Å²) in [6, 6.07) is 11.9. The Labute approximate surface area is 187 Å². The van der Waals surface area contributed by atoms with Crippen LogP contribution in [0.3, 0.4) is 0 Å². The molecule has 0 aromatic heterocycles. The highest BCUT2D eigenvalue weighted by Gasteiger charge is 2.24. The zero-order chi connectivity index (χ0) is 23.2. The highest BCUT2D eigenvalue weighted by atomic mass is 32.2. The molecule has 0 aliphatic carbocycles. The molecular formula is C20H25N3O7S2. The summed E-state index contributed by atoms with van der Waals surface area (Å²) in [7, 11) is -5.94. The van der Waals surface area contributed by atoms with Gasteiger partial charge in [-0.1, -0.05) is 12.1 Å². The molecule has 1 fully saturated rings. The van der Waals surface area contributed by atoms with Crippen LogP contribution in [0.5, 0.6) is 5.75 Å². The Morgan fingerprint density at radius 2 is 1.69 bits per heavy atom. The molecule has 12 heteroatoms. The second kappa shape index (κ2) is 10.3. The number of nitrogens with one attached hydrogen (secondary N) is 2. The molecule has 1 aliphatic rings. The van der Waals surface area contributed by atoms with Crippen LogP contribution in [-0.2, 0) is 24.8 Å². The number of methoxy groups -OCH3 is 1. The van der Waals surface area contributed by atoms with Crippen molar-refractivity contribution in [2.75, 3.05) is 50.4 Å². The standard InChI is InChI=1S/C20H25N3O7S2/c1-29-19-5-3-2-4-18(19)22-32(27,28)17-8-6-16(7-9-17)20(24)21-10-15-31(25,26)23-11-13-30-14-12-23/h2-9,22H,10-15H2,1H3,(H,21,24). The number of sulfonamides is 2. The van der Waals surface area contributed by atoms with Crippen molar-refractivity contribution in [3.8, 4) is 5.75 Å². The van der Waals surface area contributed by atoms with Crippen LogP contribution in [-0.4, -0.2) is 72.8 Å². The number of rotatable bonds is 9.